The van der Waals surface area contributed by atoms with Crippen LogP contribution in [0.1, 0.15) is 5.56 Å². The van der Waals surface area contributed by atoms with Gasteiger partial charge in [-0.1, -0.05) is 15.9 Å². The van der Waals surface area contributed by atoms with E-state index in [1.54, 1.807) is 6.07 Å². The molecule has 3 rings (SSSR count). The predicted octanol–water partition coefficient (Wildman–Crippen LogP) is 2.24. The van der Waals surface area contributed by atoms with Crippen LogP contribution < -0.4 is 15.1 Å². The number of aromatic nitrogens is 3. The quantitative estimate of drug-likeness (QED) is 0.342. The Kier molecular flexibility index (Phi) is 6.43. The fourth-order valence-corrected chi connectivity index (χ4v) is 3.79. The first-order valence-electron chi connectivity index (χ1n) is 7.66. The summed E-state index contributed by atoms with van der Waals surface area (Å²) in [6.45, 7) is 2.63. The van der Waals surface area contributed by atoms with E-state index in [4.69, 9.17) is 9.47 Å². The van der Waals surface area contributed by atoms with Gasteiger partial charge in [-0.25, -0.2) is 5.43 Å². The Morgan fingerprint density at radius 2 is 2.12 bits per heavy atom. The molecule has 1 fully saturated rings. The summed E-state index contributed by atoms with van der Waals surface area (Å²) in [7, 11) is 1.49. The molecule has 1 aliphatic rings. The Balaban J connectivity index is 1.79. The van der Waals surface area contributed by atoms with E-state index in [1.165, 1.54) is 13.3 Å². The number of phenolic OH excluding ortho intramolecular Hbond substituents is 1. The number of halogens is 2. The highest BCUT2D eigenvalue weighted by molar-refractivity contribution is 14.1. The summed E-state index contributed by atoms with van der Waals surface area (Å²) in [6, 6.07) is 3.76. The molecule has 9 nitrogen and oxygen atoms in total. The second-order valence-electron chi connectivity index (χ2n) is 5.24. The largest absolute Gasteiger partial charge is 0.506 e. The molecule has 0 bridgehead atoms. The van der Waals surface area contributed by atoms with Crippen LogP contribution in [0.4, 0.5) is 11.9 Å². The lowest BCUT2D eigenvalue weighted by Gasteiger charge is -2.26. The zero-order chi connectivity index (χ0) is 18.5. The van der Waals surface area contributed by atoms with Crippen molar-refractivity contribution in [1.29, 1.82) is 0 Å². The molecule has 0 atom stereocenters. The first-order valence-corrected chi connectivity index (χ1v) is 9.54. The molecule has 1 aromatic heterocycles. The van der Waals surface area contributed by atoms with Crippen molar-refractivity contribution in [3.05, 3.63) is 25.7 Å². The Morgan fingerprint density at radius 1 is 1.35 bits per heavy atom. The highest BCUT2D eigenvalue weighted by Crippen LogP contribution is 2.27. The Labute approximate surface area is 172 Å². The summed E-state index contributed by atoms with van der Waals surface area (Å²) in [5.41, 5.74) is 3.31. The number of hydrogen-bond donors (Lipinski definition) is 2. The number of hydrazone groups is 1. The van der Waals surface area contributed by atoms with Crippen LogP contribution in [0, 0.1) is 3.57 Å². The molecule has 26 heavy (non-hydrogen) atoms. The van der Waals surface area contributed by atoms with Gasteiger partial charge in [-0.2, -0.15) is 20.1 Å². The van der Waals surface area contributed by atoms with Gasteiger partial charge < -0.3 is 19.5 Å². The highest BCUT2D eigenvalue weighted by atomic mass is 127. The van der Waals surface area contributed by atoms with Crippen LogP contribution in [0.25, 0.3) is 0 Å². The minimum atomic E-state index is 0.154. The first kappa shape index (κ1) is 19.0. The molecule has 2 aromatic rings. The number of anilines is 2. The van der Waals surface area contributed by atoms with Crippen molar-refractivity contribution in [2.24, 2.45) is 5.10 Å². The van der Waals surface area contributed by atoms with Gasteiger partial charge in [-0.05, 0) is 34.7 Å². The number of methoxy groups -OCH3 is 1. The number of ether oxygens (including phenoxy) is 2. The molecule has 2 heterocycles. The van der Waals surface area contributed by atoms with Crippen molar-refractivity contribution in [2.75, 3.05) is 43.7 Å². The SMILES string of the molecule is COc1nc(N/N=C\c2cc(Br)cc(I)c2O)nc(N2CCOCC2)n1. The molecule has 2 N–H and O–H groups in total. The van der Waals surface area contributed by atoms with E-state index in [1.807, 2.05) is 33.6 Å². The average molecular weight is 535 g/mol. The van der Waals surface area contributed by atoms with Gasteiger partial charge in [0, 0.05) is 23.1 Å². The molecule has 11 heteroatoms. The number of aromatic hydroxyl groups is 1. The average Bonchev–Trinajstić information content (AvgIpc) is 2.66. The van der Waals surface area contributed by atoms with Gasteiger partial charge in [0.15, 0.2) is 0 Å². The second-order valence-corrected chi connectivity index (χ2v) is 7.32. The Morgan fingerprint density at radius 3 is 2.85 bits per heavy atom. The van der Waals surface area contributed by atoms with Crippen molar-refractivity contribution < 1.29 is 14.6 Å². The summed E-state index contributed by atoms with van der Waals surface area (Å²) in [5, 5.41) is 14.2. The fourth-order valence-electron chi connectivity index (χ4n) is 2.24. The second kappa shape index (κ2) is 8.77. The van der Waals surface area contributed by atoms with Crippen molar-refractivity contribution in [2.45, 2.75) is 0 Å². The molecule has 138 valence electrons. The summed E-state index contributed by atoms with van der Waals surface area (Å²) < 4.78 is 12.0. The number of benzene rings is 1. The molecule has 1 aromatic carbocycles. The van der Waals surface area contributed by atoms with E-state index in [9.17, 15) is 5.11 Å². The van der Waals surface area contributed by atoms with Gasteiger partial charge in [0.25, 0.3) is 5.95 Å². The zero-order valence-electron chi connectivity index (χ0n) is 13.8. The smallest absolute Gasteiger partial charge is 0.322 e. The monoisotopic (exact) mass is 534 g/mol. The fraction of sp³-hybridized carbons (Fsp3) is 0.333. The van der Waals surface area contributed by atoms with E-state index in [-0.39, 0.29) is 17.7 Å². The number of hydrogen-bond acceptors (Lipinski definition) is 9. The number of phenols is 1. The van der Waals surface area contributed by atoms with E-state index in [2.05, 4.69) is 41.4 Å². The number of nitrogens with one attached hydrogen (secondary N) is 1. The third kappa shape index (κ3) is 4.71. The topological polar surface area (TPSA) is 105 Å². The van der Waals surface area contributed by atoms with Gasteiger partial charge in [-0.3, -0.25) is 0 Å². The maximum atomic E-state index is 10.1. The lowest BCUT2D eigenvalue weighted by molar-refractivity contribution is 0.122. The predicted molar refractivity (Wildman–Crippen MR) is 109 cm³/mol. The van der Waals surface area contributed by atoms with Crippen molar-refractivity contribution in [3.63, 3.8) is 0 Å². The molecular formula is C15H16BrIN6O3. The zero-order valence-corrected chi connectivity index (χ0v) is 17.6. The lowest BCUT2D eigenvalue weighted by Crippen LogP contribution is -2.37. The first-order chi connectivity index (χ1) is 12.6. The van der Waals surface area contributed by atoms with Crippen LogP contribution in [0.2, 0.25) is 0 Å². The van der Waals surface area contributed by atoms with Crippen LogP contribution >= 0.6 is 38.5 Å². The normalized spacial score (nSPS) is 14.7. The Bertz CT molecular complexity index is 816. The van der Waals surface area contributed by atoms with Crippen LogP contribution in [0.3, 0.4) is 0 Å². The van der Waals surface area contributed by atoms with E-state index in [0.29, 0.717) is 37.8 Å². The van der Waals surface area contributed by atoms with Crippen LogP contribution in [0.5, 0.6) is 11.8 Å². The third-order valence-electron chi connectivity index (χ3n) is 3.51. The molecule has 0 amide bonds. The van der Waals surface area contributed by atoms with Crippen LogP contribution in [-0.4, -0.2) is 59.7 Å². The molecule has 0 saturated carbocycles. The van der Waals surface area contributed by atoms with Gasteiger partial charge in [-0.15, -0.1) is 0 Å². The molecule has 0 spiro atoms. The van der Waals surface area contributed by atoms with Crippen molar-refractivity contribution in [3.8, 4) is 11.8 Å². The third-order valence-corrected chi connectivity index (χ3v) is 4.79. The summed E-state index contributed by atoms with van der Waals surface area (Å²) in [5.74, 6) is 0.901. The molecule has 0 aliphatic carbocycles. The molecule has 1 aliphatic heterocycles. The maximum Gasteiger partial charge on any atom is 0.322 e. The number of rotatable bonds is 5. The molecule has 0 unspecified atom stereocenters. The summed E-state index contributed by atoms with van der Waals surface area (Å²) >= 11 is 5.44. The number of nitrogens with zero attached hydrogens (tertiary/aromatic N) is 5. The summed E-state index contributed by atoms with van der Waals surface area (Å²) in [6.07, 6.45) is 1.49. The van der Waals surface area contributed by atoms with Crippen molar-refractivity contribution in [1.82, 2.24) is 15.0 Å². The standard InChI is InChI=1S/C15H16BrIN6O3/c1-25-15-20-13(19-14(21-15)23-2-4-26-5-3-23)22-18-8-9-6-10(16)7-11(17)12(9)24/h6-8,24H,2-5H2,1H3,(H,19,20,21,22)/b18-8-. The van der Waals surface area contributed by atoms with Crippen LogP contribution in [0.15, 0.2) is 21.7 Å². The molecule has 0 radical (unpaired) electrons. The van der Waals surface area contributed by atoms with Gasteiger partial charge in [0.05, 0.1) is 30.1 Å². The molecular weight excluding hydrogens is 519 g/mol. The van der Waals surface area contributed by atoms with Crippen molar-refractivity contribution >= 4 is 56.6 Å². The van der Waals surface area contributed by atoms with E-state index >= 15 is 0 Å². The van der Waals surface area contributed by atoms with E-state index < -0.39 is 0 Å². The minimum Gasteiger partial charge on any atom is -0.506 e. The van der Waals surface area contributed by atoms with Gasteiger partial charge in [0.1, 0.15) is 5.75 Å². The van der Waals surface area contributed by atoms with E-state index in [0.717, 1.165) is 8.04 Å². The Hall–Kier alpha value is -1.73. The minimum absolute atomic E-state index is 0.154. The van der Waals surface area contributed by atoms with Gasteiger partial charge in [0.2, 0.25) is 5.95 Å². The lowest BCUT2D eigenvalue weighted by atomic mass is 10.2. The molecule has 1 saturated heterocycles. The number of morpholine rings is 1. The van der Waals surface area contributed by atoms with Crippen LogP contribution in [-0.2, 0) is 4.74 Å². The summed E-state index contributed by atoms with van der Waals surface area (Å²) in [4.78, 5) is 14.8. The van der Waals surface area contributed by atoms with Gasteiger partial charge >= 0.3 is 6.01 Å². The highest BCUT2D eigenvalue weighted by Gasteiger charge is 2.16. The maximum absolute atomic E-state index is 10.1.